The predicted octanol–water partition coefficient (Wildman–Crippen LogP) is 5.69. The zero-order chi connectivity index (χ0) is 14.4. The molecule has 0 bridgehead atoms. The molecule has 0 aliphatic heterocycles. The molecule has 0 unspecified atom stereocenters. The van der Waals surface area contributed by atoms with Crippen molar-refractivity contribution in [2.24, 2.45) is 5.92 Å². The highest BCUT2D eigenvalue weighted by Gasteiger charge is 2.22. The van der Waals surface area contributed by atoms with Gasteiger partial charge in [-0.2, -0.15) is 0 Å². The molecule has 0 saturated heterocycles. The largest absolute Gasteiger partial charge is 0.507 e. The Kier molecular flexibility index (Phi) is 7.49. The quantitative estimate of drug-likeness (QED) is 0.539. The molecule has 2 nitrogen and oxygen atoms in total. The van der Waals surface area contributed by atoms with Crippen LogP contribution < -0.4 is 0 Å². The minimum absolute atomic E-state index is 0. The summed E-state index contributed by atoms with van der Waals surface area (Å²) in [5, 5.41) is 9.56. The molecule has 1 aliphatic carbocycles. The number of phenolic OH excluding ortho intramolecular Hbond substituents is 1. The Morgan fingerprint density at radius 3 is 2.52 bits per heavy atom. The molecule has 1 saturated carbocycles. The van der Waals surface area contributed by atoms with Gasteiger partial charge in [0.1, 0.15) is 5.75 Å². The number of carbonyl (C=O) groups is 1. The molecule has 21 heavy (non-hydrogen) atoms. The van der Waals surface area contributed by atoms with Crippen molar-refractivity contribution in [2.75, 3.05) is 0 Å². The first-order valence-corrected chi connectivity index (χ1v) is 8.02. The number of aldehydes is 1. The standard InChI is InChI=1S/C18H26O2.CH4/c1-2-3-4-5-14-6-8-15(9-7-14)16-10-11-18(20)17(12-16)13-19;/h10-15,20H,2-9H2,1H3;1H4. The molecule has 2 heteroatoms. The van der Waals surface area contributed by atoms with Gasteiger partial charge in [-0.3, -0.25) is 4.79 Å². The summed E-state index contributed by atoms with van der Waals surface area (Å²) in [6.45, 7) is 2.26. The lowest BCUT2D eigenvalue weighted by molar-refractivity contribution is 0.112. The topological polar surface area (TPSA) is 37.3 Å². The lowest BCUT2D eigenvalue weighted by atomic mass is 9.77. The Morgan fingerprint density at radius 2 is 1.90 bits per heavy atom. The van der Waals surface area contributed by atoms with Gasteiger partial charge >= 0.3 is 0 Å². The molecule has 118 valence electrons. The van der Waals surface area contributed by atoms with E-state index in [4.69, 9.17) is 0 Å². The first-order chi connectivity index (χ1) is 9.74. The number of hydrogen-bond acceptors (Lipinski definition) is 2. The van der Waals surface area contributed by atoms with E-state index in [1.54, 1.807) is 6.07 Å². The monoisotopic (exact) mass is 290 g/mol. The minimum Gasteiger partial charge on any atom is -0.507 e. The molecule has 1 N–H and O–H groups in total. The Morgan fingerprint density at radius 1 is 1.19 bits per heavy atom. The van der Waals surface area contributed by atoms with Crippen LogP contribution in [0.1, 0.15) is 87.6 Å². The van der Waals surface area contributed by atoms with Gasteiger partial charge in [-0.05, 0) is 55.2 Å². The van der Waals surface area contributed by atoms with Crippen molar-refractivity contribution in [1.82, 2.24) is 0 Å². The maximum Gasteiger partial charge on any atom is 0.153 e. The number of aromatic hydroxyl groups is 1. The zero-order valence-corrected chi connectivity index (χ0v) is 12.5. The Hall–Kier alpha value is -1.31. The van der Waals surface area contributed by atoms with Crippen molar-refractivity contribution in [3.63, 3.8) is 0 Å². The molecule has 0 heterocycles. The van der Waals surface area contributed by atoms with Crippen LogP contribution in [0.2, 0.25) is 0 Å². The fourth-order valence-electron chi connectivity index (χ4n) is 3.39. The van der Waals surface area contributed by atoms with Crippen LogP contribution in [0.5, 0.6) is 5.75 Å². The molecular weight excluding hydrogens is 260 g/mol. The maximum atomic E-state index is 10.9. The molecule has 1 fully saturated rings. The normalized spacial score (nSPS) is 21.6. The highest BCUT2D eigenvalue weighted by atomic mass is 16.3. The van der Waals surface area contributed by atoms with E-state index in [0.717, 1.165) is 12.2 Å². The average molecular weight is 290 g/mol. The Balaban J connectivity index is 0.00000220. The van der Waals surface area contributed by atoms with Gasteiger partial charge in [0.25, 0.3) is 0 Å². The molecule has 1 aromatic rings. The van der Waals surface area contributed by atoms with Gasteiger partial charge in [0, 0.05) is 0 Å². The summed E-state index contributed by atoms with van der Waals surface area (Å²) in [5.41, 5.74) is 1.64. The molecule has 1 aliphatic rings. The lowest BCUT2D eigenvalue weighted by Gasteiger charge is -2.29. The van der Waals surface area contributed by atoms with Crippen molar-refractivity contribution >= 4 is 6.29 Å². The van der Waals surface area contributed by atoms with Crippen LogP contribution in [-0.4, -0.2) is 11.4 Å². The summed E-state index contributed by atoms with van der Waals surface area (Å²) in [7, 11) is 0. The fraction of sp³-hybridized carbons (Fsp3) is 0.632. The molecule has 0 aromatic heterocycles. The third-order valence-electron chi connectivity index (χ3n) is 4.71. The Bertz CT molecular complexity index is 431. The number of hydrogen-bond donors (Lipinski definition) is 1. The van der Waals surface area contributed by atoms with Gasteiger partial charge < -0.3 is 5.11 Å². The number of carbonyl (C=O) groups excluding carboxylic acids is 1. The number of unbranched alkanes of at least 4 members (excludes halogenated alkanes) is 2. The van der Waals surface area contributed by atoms with Crippen LogP contribution in [0.3, 0.4) is 0 Å². The van der Waals surface area contributed by atoms with Crippen molar-refractivity contribution in [3.8, 4) is 5.75 Å². The van der Waals surface area contributed by atoms with Crippen LogP contribution in [0.25, 0.3) is 0 Å². The van der Waals surface area contributed by atoms with E-state index in [1.165, 1.54) is 56.9 Å². The van der Waals surface area contributed by atoms with E-state index in [9.17, 15) is 9.90 Å². The summed E-state index contributed by atoms with van der Waals surface area (Å²) in [5.74, 6) is 1.56. The molecule has 2 rings (SSSR count). The van der Waals surface area contributed by atoms with Gasteiger partial charge in [-0.15, -0.1) is 0 Å². The second kappa shape index (κ2) is 8.86. The summed E-state index contributed by atoms with van der Waals surface area (Å²) in [4.78, 5) is 10.9. The minimum atomic E-state index is 0. The highest BCUT2D eigenvalue weighted by molar-refractivity contribution is 5.79. The van der Waals surface area contributed by atoms with Crippen molar-refractivity contribution in [3.05, 3.63) is 29.3 Å². The molecular formula is C19H30O2. The summed E-state index contributed by atoms with van der Waals surface area (Å²) < 4.78 is 0. The van der Waals surface area contributed by atoms with Gasteiger partial charge in [-0.25, -0.2) is 0 Å². The van der Waals surface area contributed by atoms with Gasteiger partial charge in [0.15, 0.2) is 6.29 Å². The van der Waals surface area contributed by atoms with Crippen molar-refractivity contribution < 1.29 is 9.90 Å². The molecule has 0 amide bonds. The van der Waals surface area contributed by atoms with Crippen LogP contribution in [0.4, 0.5) is 0 Å². The number of rotatable bonds is 6. The summed E-state index contributed by atoms with van der Waals surface area (Å²) in [6, 6.07) is 5.50. The second-order valence-electron chi connectivity index (χ2n) is 6.15. The van der Waals surface area contributed by atoms with Crippen LogP contribution >= 0.6 is 0 Å². The van der Waals surface area contributed by atoms with Gasteiger partial charge in [0.05, 0.1) is 5.56 Å². The van der Waals surface area contributed by atoms with Crippen LogP contribution in [0.15, 0.2) is 18.2 Å². The molecule has 1 aromatic carbocycles. The van der Waals surface area contributed by atoms with Crippen molar-refractivity contribution in [2.45, 2.75) is 71.6 Å². The molecule has 0 spiro atoms. The summed E-state index contributed by atoms with van der Waals surface area (Å²) in [6.07, 6.45) is 11.2. The first-order valence-electron chi connectivity index (χ1n) is 8.02. The summed E-state index contributed by atoms with van der Waals surface area (Å²) >= 11 is 0. The van der Waals surface area contributed by atoms with Crippen LogP contribution in [0, 0.1) is 5.92 Å². The maximum absolute atomic E-state index is 10.9. The third-order valence-corrected chi connectivity index (χ3v) is 4.71. The van der Waals surface area contributed by atoms with E-state index in [1.807, 2.05) is 12.1 Å². The SMILES string of the molecule is C.CCCCCC1CCC(c2ccc(O)c(C=O)c2)CC1. The lowest BCUT2D eigenvalue weighted by Crippen LogP contribution is -2.13. The van der Waals surface area contributed by atoms with Gasteiger partial charge in [-0.1, -0.05) is 46.1 Å². The van der Waals surface area contributed by atoms with E-state index >= 15 is 0 Å². The zero-order valence-electron chi connectivity index (χ0n) is 12.5. The van der Waals surface area contributed by atoms with Crippen LogP contribution in [-0.2, 0) is 0 Å². The second-order valence-corrected chi connectivity index (χ2v) is 6.15. The third kappa shape index (κ3) is 4.87. The van der Waals surface area contributed by atoms with E-state index in [2.05, 4.69) is 6.92 Å². The number of phenols is 1. The van der Waals surface area contributed by atoms with Crippen molar-refractivity contribution in [1.29, 1.82) is 0 Å². The van der Waals surface area contributed by atoms with E-state index in [0.29, 0.717) is 11.5 Å². The number of benzene rings is 1. The molecule has 0 atom stereocenters. The highest BCUT2D eigenvalue weighted by Crippen LogP contribution is 2.38. The Labute approximate surface area is 129 Å². The average Bonchev–Trinajstić information content (AvgIpc) is 2.49. The van der Waals surface area contributed by atoms with E-state index < -0.39 is 0 Å². The van der Waals surface area contributed by atoms with E-state index in [-0.39, 0.29) is 13.2 Å². The predicted molar refractivity (Wildman–Crippen MR) is 89.1 cm³/mol. The first kappa shape index (κ1) is 17.7. The smallest absolute Gasteiger partial charge is 0.153 e. The van der Waals surface area contributed by atoms with Gasteiger partial charge in [0.2, 0.25) is 0 Å². The fourth-order valence-corrected chi connectivity index (χ4v) is 3.39. The molecule has 0 radical (unpaired) electrons.